The molecule has 2 atom stereocenters. The maximum atomic E-state index is 13.7. The standard InChI is InChI=1S/C34H36N6O9S/c1-33(2,3)48-31(44)38-30-36-23(19-50-30)25(28(42)37-24-22(35-27(24)41)18-40-16-17-46-32(40)45)39-49-34(14-15-34)29(43)47-26(20-10-6-4-7-11-20)21-12-8-5-9-13-21/h4-13,19,22,24,26H,14-18H2,1-3H3,(H,35,41)(H,37,42)(H,36,38,44)/b39-25-/t22-,24+/m1/s1. The second-order valence-electron chi connectivity index (χ2n) is 12.9. The van der Waals surface area contributed by atoms with E-state index in [1.807, 2.05) is 60.7 Å². The molecule has 3 heterocycles. The number of carbonyl (C=O) groups excluding carboxylic acids is 5. The summed E-state index contributed by atoms with van der Waals surface area (Å²) in [6.07, 6.45) is -1.43. The maximum Gasteiger partial charge on any atom is 0.413 e. The molecule has 0 radical (unpaired) electrons. The topological polar surface area (TPSA) is 187 Å². The number of aromatic nitrogens is 1. The van der Waals surface area contributed by atoms with E-state index in [9.17, 15) is 24.0 Å². The molecule has 3 aromatic rings. The summed E-state index contributed by atoms with van der Waals surface area (Å²) in [5.41, 5.74) is -1.05. The van der Waals surface area contributed by atoms with Crippen LogP contribution in [-0.4, -0.2) is 88.5 Å². The van der Waals surface area contributed by atoms with Gasteiger partial charge < -0.3 is 34.6 Å². The molecule has 2 aromatic carbocycles. The van der Waals surface area contributed by atoms with Crippen molar-refractivity contribution in [3.05, 3.63) is 82.9 Å². The number of amides is 4. The van der Waals surface area contributed by atoms with Crippen molar-refractivity contribution in [1.29, 1.82) is 0 Å². The van der Waals surface area contributed by atoms with E-state index in [0.717, 1.165) is 22.5 Å². The van der Waals surface area contributed by atoms with Gasteiger partial charge in [-0.1, -0.05) is 65.8 Å². The predicted octanol–water partition coefficient (Wildman–Crippen LogP) is 3.51. The first-order chi connectivity index (χ1) is 23.9. The third kappa shape index (κ3) is 8.02. The summed E-state index contributed by atoms with van der Waals surface area (Å²) >= 11 is 1.00. The van der Waals surface area contributed by atoms with Crippen LogP contribution in [0.25, 0.3) is 0 Å². The van der Waals surface area contributed by atoms with E-state index in [1.54, 1.807) is 20.8 Å². The molecule has 50 heavy (non-hydrogen) atoms. The van der Waals surface area contributed by atoms with Gasteiger partial charge in [-0.3, -0.25) is 14.9 Å². The number of ether oxygens (including phenoxy) is 3. The Morgan fingerprint density at radius 3 is 2.30 bits per heavy atom. The molecule has 262 valence electrons. The summed E-state index contributed by atoms with van der Waals surface area (Å²) < 4.78 is 16.3. The van der Waals surface area contributed by atoms with Gasteiger partial charge in [0.15, 0.2) is 16.9 Å². The second-order valence-corrected chi connectivity index (χ2v) is 13.8. The maximum absolute atomic E-state index is 13.7. The van der Waals surface area contributed by atoms with E-state index >= 15 is 0 Å². The van der Waals surface area contributed by atoms with Crippen molar-refractivity contribution in [2.45, 2.75) is 63.0 Å². The van der Waals surface area contributed by atoms with Gasteiger partial charge in [0.05, 0.1) is 12.6 Å². The first kappa shape index (κ1) is 34.4. The lowest BCUT2D eigenvalue weighted by molar-refractivity contribution is -0.164. The molecule has 1 aromatic heterocycles. The largest absolute Gasteiger partial charge is 0.450 e. The lowest BCUT2D eigenvalue weighted by Crippen LogP contribution is -2.72. The van der Waals surface area contributed by atoms with E-state index in [4.69, 9.17) is 19.0 Å². The Morgan fingerprint density at radius 2 is 1.74 bits per heavy atom. The predicted molar refractivity (Wildman–Crippen MR) is 179 cm³/mol. The van der Waals surface area contributed by atoms with Crippen molar-refractivity contribution in [2.75, 3.05) is 25.0 Å². The van der Waals surface area contributed by atoms with Gasteiger partial charge in [0.2, 0.25) is 11.5 Å². The number of thiazole rings is 1. The van der Waals surface area contributed by atoms with Gasteiger partial charge in [0.25, 0.3) is 5.91 Å². The van der Waals surface area contributed by atoms with E-state index < -0.39 is 59.4 Å². The van der Waals surface area contributed by atoms with Gasteiger partial charge in [-0.05, 0) is 31.9 Å². The molecule has 2 aliphatic heterocycles. The Bertz CT molecular complexity index is 1750. The molecule has 3 aliphatic rings. The number of oxime groups is 1. The van der Waals surface area contributed by atoms with Crippen LogP contribution >= 0.6 is 11.3 Å². The Balaban J connectivity index is 1.22. The van der Waals surface area contributed by atoms with Crippen molar-refractivity contribution in [2.24, 2.45) is 5.16 Å². The molecule has 2 saturated heterocycles. The summed E-state index contributed by atoms with van der Waals surface area (Å²) in [6, 6.07) is 17.0. The zero-order chi connectivity index (χ0) is 35.5. The molecule has 4 amide bonds. The first-order valence-corrected chi connectivity index (χ1v) is 16.8. The molecule has 0 bridgehead atoms. The molecule has 0 spiro atoms. The van der Waals surface area contributed by atoms with Crippen molar-refractivity contribution in [3.63, 3.8) is 0 Å². The molecular weight excluding hydrogens is 668 g/mol. The molecule has 1 aliphatic carbocycles. The number of benzene rings is 2. The Morgan fingerprint density at radius 1 is 1.08 bits per heavy atom. The second kappa shape index (κ2) is 14.2. The smallest absolute Gasteiger partial charge is 0.413 e. The number of esters is 1. The number of rotatable bonds is 12. The van der Waals surface area contributed by atoms with Crippen LogP contribution in [0.2, 0.25) is 0 Å². The monoisotopic (exact) mass is 704 g/mol. The Kier molecular flexibility index (Phi) is 9.72. The fourth-order valence-corrected chi connectivity index (χ4v) is 5.89. The normalized spacial score (nSPS) is 19.5. The quantitative estimate of drug-likeness (QED) is 0.0828. The van der Waals surface area contributed by atoms with E-state index in [2.05, 4.69) is 26.1 Å². The number of anilines is 1. The Hall–Kier alpha value is -5.51. The lowest BCUT2D eigenvalue weighted by Gasteiger charge is -2.38. The third-order valence-electron chi connectivity index (χ3n) is 7.95. The van der Waals surface area contributed by atoms with Crippen molar-refractivity contribution >= 4 is 52.2 Å². The van der Waals surface area contributed by atoms with Gasteiger partial charge in [-0.2, -0.15) is 0 Å². The summed E-state index contributed by atoms with van der Waals surface area (Å²) in [5.74, 6) is -1.96. The number of nitrogens with zero attached hydrogens (tertiary/aromatic N) is 3. The van der Waals surface area contributed by atoms with Gasteiger partial charge in [0.1, 0.15) is 23.9 Å². The van der Waals surface area contributed by atoms with Crippen LogP contribution in [0.15, 0.2) is 71.2 Å². The molecule has 16 heteroatoms. The van der Waals surface area contributed by atoms with Gasteiger partial charge in [-0.15, -0.1) is 11.3 Å². The van der Waals surface area contributed by atoms with Gasteiger partial charge in [-0.25, -0.2) is 19.4 Å². The SMILES string of the molecule is CC(C)(C)OC(=O)Nc1nc(/C(=N/OC2(C(=O)OC(c3ccccc3)c3ccccc3)CC2)C(=O)N[C@@H]2C(=O)N[C@@H]2CN2CCOC2=O)cs1. The zero-order valence-corrected chi connectivity index (χ0v) is 28.4. The fraction of sp³-hybridized carbons (Fsp3) is 0.382. The summed E-state index contributed by atoms with van der Waals surface area (Å²) in [6.45, 7) is 5.84. The highest BCUT2D eigenvalue weighted by Gasteiger charge is 2.56. The number of carbonyl (C=O) groups is 5. The summed E-state index contributed by atoms with van der Waals surface area (Å²) in [4.78, 5) is 75.8. The fourth-order valence-electron chi connectivity index (χ4n) is 5.21. The highest BCUT2D eigenvalue weighted by atomic mass is 32.1. The summed E-state index contributed by atoms with van der Waals surface area (Å²) in [7, 11) is 0. The van der Waals surface area contributed by atoms with E-state index in [0.29, 0.717) is 6.54 Å². The third-order valence-corrected chi connectivity index (χ3v) is 8.71. The minimum absolute atomic E-state index is 0.00794. The molecular formula is C34H36N6O9S. The van der Waals surface area contributed by atoms with Crippen LogP contribution in [0.3, 0.4) is 0 Å². The van der Waals surface area contributed by atoms with E-state index in [-0.39, 0.29) is 42.5 Å². The van der Waals surface area contributed by atoms with Crippen molar-refractivity contribution in [1.82, 2.24) is 20.5 Å². The highest BCUT2D eigenvalue weighted by Crippen LogP contribution is 2.43. The number of hydrogen-bond donors (Lipinski definition) is 3. The van der Waals surface area contributed by atoms with Gasteiger partial charge >= 0.3 is 18.2 Å². The molecule has 3 fully saturated rings. The van der Waals surface area contributed by atoms with Crippen LogP contribution in [0, 0.1) is 0 Å². The minimum atomic E-state index is -1.46. The average molecular weight is 705 g/mol. The highest BCUT2D eigenvalue weighted by molar-refractivity contribution is 7.14. The Labute approximate surface area is 291 Å². The number of cyclic esters (lactones) is 1. The number of β-lactam (4-membered cyclic amide) rings is 1. The van der Waals surface area contributed by atoms with E-state index in [1.165, 1.54) is 10.3 Å². The van der Waals surface area contributed by atoms with Crippen LogP contribution in [-0.2, 0) is 33.4 Å². The average Bonchev–Trinajstić information content (AvgIpc) is 3.56. The molecule has 1 saturated carbocycles. The van der Waals surface area contributed by atoms with Crippen LogP contribution in [0.1, 0.15) is 56.5 Å². The van der Waals surface area contributed by atoms with Crippen LogP contribution < -0.4 is 16.0 Å². The molecule has 6 rings (SSSR count). The number of hydrogen-bond acceptors (Lipinski definition) is 12. The van der Waals surface area contributed by atoms with Crippen molar-refractivity contribution < 1.29 is 43.0 Å². The van der Waals surface area contributed by atoms with Crippen LogP contribution in [0.4, 0.5) is 14.7 Å². The first-order valence-electron chi connectivity index (χ1n) is 16.0. The summed E-state index contributed by atoms with van der Waals surface area (Å²) in [5, 5.41) is 13.5. The molecule has 0 unspecified atom stereocenters. The lowest BCUT2D eigenvalue weighted by atomic mass is 9.98. The van der Waals surface area contributed by atoms with Crippen LogP contribution in [0.5, 0.6) is 0 Å². The van der Waals surface area contributed by atoms with Crippen molar-refractivity contribution in [3.8, 4) is 0 Å². The zero-order valence-electron chi connectivity index (χ0n) is 27.5. The minimum Gasteiger partial charge on any atom is -0.450 e. The molecule has 15 nitrogen and oxygen atoms in total. The molecule has 3 N–H and O–H groups in total. The van der Waals surface area contributed by atoms with Gasteiger partial charge in [0, 0.05) is 24.8 Å². The number of nitrogens with one attached hydrogen (secondary N) is 3.